The zero-order chi connectivity index (χ0) is 15.4. The van der Waals surface area contributed by atoms with Gasteiger partial charge in [0.2, 0.25) is 0 Å². The van der Waals surface area contributed by atoms with Crippen molar-refractivity contribution < 1.29 is 4.74 Å². The fourth-order valence-electron chi connectivity index (χ4n) is 2.24. The molecule has 2 N–H and O–H groups in total. The van der Waals surface area contributed by atoms with Gasteiger partial charge < -0.3 is 15.0 Å². The lowest BCUT2D eigenvalue weighted by molar-refractivity contribution is 0.407. The summed E-state index contributed by atoms with van der Waals surface area (Å²) in [5, 5.41) is 9.18. The summed E-state index contributed by atoms with van der Waals surface area (Å²) in [6, 6.07) is 0. The largest absolute Gasteiger partial charge is 0.496 e. The van der Waals surface area contributed by atoms with E-state index in [1.54, 1.807) is 18.9 Å². The van der Waals surface area contributed by atoms with Gasteiger partial charge >= 0.3 is 0 Å². The Bertz CT molecular complexity index is 626. The normalized spacial score (nSPS) is 10.9. The number of ether oxygens (including phenoxy) is 1. The van der Waals surface area contributed by atoms with E-state index in [0.717, 1.165) is 45.8 Å². The predicted octanol–water partition coefficient (Wildman–Crippen LogP) is 2.07. The van der Waals surface area contributed by atoms with Gasteiger partial charge in [-0.15, -0.1) is 10.2 Å². The molecule has 7 heteroatoms. The van der Waals surface area contributed by atoms with Crippen LogP contribution in [0.2, 0.25) is 0 Å². The van der Waals surface area contributed by atoms with Gasteiger partial charge in [0, 0.05) is 29.6 Å². The second-order valence-electron chi connectivity index (χ2n) is 4.68. The van der Waals surface area contributed by atoms with E-state index >= 15 is 0 Å². The minimum atomic E-state index is 0.400. The first kappa shape index (κ1) is 15.8. The quantitative estimate of drug-likeness (QED) is 0.823. The molecule has 2 heterocycles. The molecule has 114 valence electrons. The molecule has 0 aliphatic heterocycles. The molecular weight excluding hydrogens is 286 g/mol. The number of nitrogens with two attached hydrogens (primary N) is 1. The first-order valence-electron chi connectivity index (χ1n) is 6.86. The van der Waals surface area contributed by atoms with E-state index in [-0.39, 0.29) is 0 Å². The molecule has 2 rings (SSSR count). The van der Waals surface area contributed by atoms with Crippen LogP contribution in [0.5, 0.6) is 5.75 Å². The molecule has 0 unspecified atom stereocenters. The minimum absolute atomic E-state index is 0.400. The molecule has 0 saturated heterocycles. The highest BCUT2D eigenvalue weighted by Gasteiger charge is 2.13. The molecule has 0 bridgehead atoms. The number of rotatable bonds is 6. The van der Waals surface area contributed by atoms with E-state index in [4.69, 9.17) is 10.5 Å². The van der Waals surface area contributed by atoms with Crippen molar-refractivity contribution in [2.24, 2.45) is 5.73 Å². The van der Waals surface area contributed by atoms with Crippen LogP contribution < -0.4 is 10.5 Å². The molecule has 2 aromatic heterocycles. The monoisotopic (exact) mass is 307 g/mol. The standard InChI is InChI=1S/C14H21N5OS/c1-5-19-12(6-15)17-18-14(19)21-8-11-10(3)13(20-4)9(2)7-16-11/h7H,5-6,8,15H2,1-4H3. The Morgan fingerprint density at radius 3 is 2.71 bits per heavy atom. The summed E-state index contributed by atoms with van der Waals surface area (Å²) in [6.07, 6.45) is 1.84. The molecule has 0 atom stereocenters. The van der Waals surface area contributed by atoms with Crippen LogP contribution in [-0.2, 0) is 18.8 Å². The van der Waals surface area contributed by atoms with Crippen LogP contribution in [-0.4, -0.2) is 26.9 Å². The van der Waals surface area contributed by atoms with Gasteiger partial charge in [0.25, 0.3) is 0 Å². The molecule has 0 aliphatic carbocycles. The summed E-state index contributed by atoms with van der Waals surface area (Å²) in [5.41, 5.74) is 8.79. The number of aromatic nitrogens is 4. The number of hydrogen-bond acceptors (Lipinski definition) is 6. The first-order chi connectivity index (χ1) is 10.1. The minimum Gasteiger partial charge on any atom is -0.496 e. The van der Waals surface area contributed by atoms with E-state index < -0.39 is 0 Å². The van der Waals surface area contributed by atoms with Crippen molar-refractivity contribution in [3.05, 3.63) is 28.8 Å². The highest BCUT2D eigenvalue weighted by atomic mass is 32.2. The second kappa shape index (κ2) is 6.91. The van der Waals surface area contributed by atoms with Crippen molar-refractivity contribution in [1.82, 2.24) is 19.7 Å². The van der Waals surface area contributed by atoms with Crippen molar-refractivity contribution in [2.75, 3.05) is 7.11 Å². The third kappa shape index (κ3) is 3.19. The molecule has 0 amide bonds. The lowest BCUT2D eigenvalue weighted by Gasteiger charge is -2.12. The Labute approximate surface area is 129 Å². The van der Waals surface area contributed by atoms with Crippen LogP contribution in [0, 0.1) is 13.8 Å². The van der Waals surface area contributed by atoms with Crippen LogP contribution in [0.1, 0.15) is 29.6 Å². The SMILES string of the molecule is CCn1c(CN)nnc1SCc1ncc(C)c(OC)c1C. The van der Waals surface area contributed by atoms with E-state index in [0.29, 0.717) is 6.54 Å². The van der Waals surface area contributed by atoms with Crippen LogP contribution in [0.25, 0.3) is 0 Å². The molecule has 0 aliphatic rings. The van der Waals surface area contributed by atoms with Crippen LogP contribution >= 0.6 is 11.8 Å². The topological polar surface area (TPSA) is 78.9 Å². The summed E-state index contributed by atoms with van der Waals surface area (Å²) < 4.78 is 7.47. The average Bonchev–Trinajstić information content (AvgIpc) is 2.89. The molecule has 6 nitrogen and oxygen atoms in total. The molecule has 2 aromatic rings. The highest BCUT2D eigenvalue weighted by Crippen LogP contribution is 2.28. The summed E-state index contributed by atoms with van der Waals surface area (Å²) in [4.78, 5) is 4.50. The van der Waals surface area contributed by atoms with E-state index in [2.05, 4.69) is 22.1 Å². The van der Waals surface area contributed by atoms with Gasteiger partial charge in [-0.1, -0.05) is 11.8 Å². The molecular formula is C14H21N5OS. The zero-order valence-electron chi connectivity index (χ0n) is 12.9. The summed E-state index contributed by atoms with van der Waals surface area (Å²) >= 11 is 1.62. The lowest BCUT2D eigenvalue weighted by Crippen LogP contribution is -2.08. The first-order valence-corrected chi connectivity index (χ1v) is 7.84. The molecule has 0 aromatic carbocycles. The maximum Gasteiger partial charge on any atom is 0.191 e. The molecule has 0 fully saturated rings. The van der Waals surface area contributed by atoms with Gasteiger partial charge in [-0.05, 0) is 20.8 Å². The second-order valence-corrected chi connectivity index (χ2v) is 5.62. The number of nitrogens with zero attached hydrogens (tertiary/aromatic N) is 4. The van der Waals surface area contributed by atoms with Crippen molar-refractivity contribution >= 4 is 11.8 Å². The third-order valence-corrected chi connectivity index (χ3v) is 4.36. The zero-order valence-corrected chi connectivity index (χ0v) is 13.7. The van der Waals surface area contributed by atoms with Crippen LogP contribution in [0.15, 0.2) is 11.4 Å². The Morgan fingerprint density at radius 2 is 2.10 bits per heavy atom. The van der Waals surface area contributed by atoms with Crippen molar-refractivity contribution in [2.45, 2.75) is 44.8 Å². The number of pyridine rings is 1. The number of aryl methyl sites for hydroxylation is 1. The fourth-order valence-corrected chi connectivity index (χ4v) is 3.29. The Morgan fingerprint density at radius 1 is 1.33 bits per heavy atom. The number of hydrogen-bond donors (Lipinski definition) is 1. The maximum absolute atomic E-state index is 5.66. The highest BCUT2D eigenvalue weighted by molar-refractivity contribution is 7.98. The van der Waals surface area contributed by atoms with Gasteiger partial charge in [0.1, 0.15) is 11.6 Å². The Kier molecular flexibility index (Phi) is 5.19. The third-order valence-electron chi connectivity index (χ3n) is 3.38. The summed E-state index contributed by atoms with van der Waals surface area (Å²) in [5.74, 6) is 2.44. The summed E-state index contributed by atoms with van der Waals surface area (Å²) in [7, 11) is 1.69. The van der Waals surface area contributed by atoms with Gasteiger partial charge in [0.05, 0.1) is 19.3 Å². The van der Waals surface area contributed by atoms with Crippen molar-refractivity contribution in [3.63, 3.8) is 0 Å². The van der Waals surface area contributed by atoms with E-state index in [1.807, 2.05) is 24.6 Å². The summed E-state index contributed by atoms with van der Waals surface area (Å²) in [6.45, 7) is 7.30. The van der Waals surface area contributed by atoms with Gasteiger partial charge in [0.15, 0.2) is 5.16 Å². The van der Waals surface area contributed by atoms with E-state index in [9.17, 15) is 0 Å². The molecule has 0 radical (unpaired) electrons. The molecule has 0 spiro atoms. The number of methoxy groups -OCH3 is 1. The maximum atomic E-state index is 5.66. The van der Waals surface area contributed by atoms with Crippen LogP contribution in [0.4, 0.5) is 0 Å². The predicted molar refractivity (Wildman–Crippen MR) is 83.4 cm³/mol. The average molecular weight is 307 g/mol. The fraction of sp³-hybridized carbons (Fsp3) is 0.500. The van der Waals surface area contributed by atoms with Crippen molar-refractivity contribution in [3.8, 4) is 5.75 Å². The smallest absolute Gasteiger partial charge is 0.191 e. The van der Waals surface area contributed by atoms with Gasteiger partial charge in [-0.3, -0.25) is 4.98 Å². The Hall–Kier alpha value is -1.60. The molecule has 21 heavy (non-hydrogen) atoms. The number of thioether (sulfide) groups is 1. The van der Waals surface area contributed by atoms with Gasteiger partial charge in [-0.2, -0.15) is 0 Å². The van der Waals surface area contributed by atoms with Gasteiger partial charge in [-0.25, -0.2) is 0 Å². The van der Waals surface area contributed by atoms with Crippen LogP contribution in [0.3, 0.4) is 0 Å². The van der Waals surface area contributed by atoms with E-state index in [1.165, 1.54) is 0 Å². The molecule has 0 saturated carbocycles. The Balaban J connectivity index is 2.19. The lowest BCUT2D eigenvalue weighted by atomic mass is 10.1. The van der Waals surface area contributed by atoms with Crippen molar-refractivity contribution in [1.29, 1.82) is 0 Å².